The second-order valence-corrected chi connectivity index (χ2v) is 13.4. The van der Waals surface area contributed by atoms with Gasteiger partial charge in [0.2, 0.25) is 0 Å². The number of nitrogens with zero attached hydrogens (tertiary/aromatic N) is 1. The molecule has 9 aromatic carbocycles. The van der Waals surface area contributed by atoms with E-state index in [-0.39, 0.29) is 0 Å². The first-order valence-corrected chi connectivity index (χ1v) is 17.6. The molecule has 1 nitrogen and oxygen atoms in total. The van der Waals surface area contributed by atoms with Gasteiger partial charge in [0, 0.05) is 22.3 Å². The van der Waals surface area contributed by atoms with Crippen LogP contribution >= 0.6 is 0 Å². The van der Waals surface area contributed by atoms with Crippen molar-refractivity contribution in [3.63, 3.8) is 0 Å². The van der Waals surface area contributed by atoms with Crippen molar-refractivity contribution in [3.05, 3.63) is 200 Å². The van der Waals surface area contributed by atoms with E-state index in [9.17, 15) is 0 Å². The van der Waals surface area contributed by atoms with Gasteiger partial charge in [-0.3, -0.25) is 0 Å². The van der Waals surface area contributed by atoms with Crippen LogP contribution < -0.4 is 4.90 Å². The van der Waals surface area contributed by atoms with E-state index in [1.165, 1.54) is 82.9 Å². The second-order valence-electron chi connectivity index (χ2n) is 13.4. The molecule has 10 rings (SSSR count). The third kappa shape index (κ3) is 5.02. The molecule has 0 saturated carbocycles. The van der Waals surface area contributed by atoms with Gasteiger partial charge < -0.3 is 4.90 Å². The van der Waals surface area contributed by atoms with E-state index >= 15 is 0 Å². The van der Waals surface area contributed by atoms with E-state index in [0.717, 1.165) is 11.4 Å². The Balaban J connectivity index is 1.17. The van der Waals surface area contributed by atoms with Gasteiger partial charge in [-0.05, 0) is 109 Å². The Morgan fingerprint density at radius 3 is 1.39 bits per heavy atom. The molecule has 0 amide bonds. The Morgan fingerprint density at radius 2 is 0.745 bits per heavy atom. The van der Waals surface area contributed by atoms with E-state index in [1.807, 2.05) is 0 Å². The van der Waals surface area contributed by atoms with E-state index in [2.05, 4.69) is 205 Å². The lowest BCUT2D eigenvalue weighted by Gasteiger charge is -2.35. The molecule has 9 aromatic rings. The minimum atomic E-state index is 1.12. The zero-order valence-corrected chi connectivity index (χ0v) is 28.0. The Labute approximate surface area is 298 Å². The van der Waals surface area contributed by atoms with Crippen LogP contribution in [0.2, 0.25) is 0 Å². The molecule has 0 heterocycles. The lowest BCUT2D eigenvalue weighted by atomic mass is 9.76. The molecule has 238 valence electrons. The lowest BCUT2D eigenvalue weighted by Crippen LogP contribution is -2.15. The molecule has 51 heavy (non-hydrogen) atoms. The Bertz CT molecular complexity index is 2710. The summed E-state index contributed by atoms with van der Waals surface area (Å²) in [4.78, 5) is 2.48. The van der Waals surface area contributed by atoms with Crippen LogP contribution in [0.5, 0.6) is 0 Å². The van der Waals surface area contributed by atoms with E-state index in [1.54, 1.807) is 0 Å². The molecule has 0 atom stereocenters. The highest BCUT2D eigenvalue weighted by Crippen LogP contribution is 2.58. The van der Waals surface area contributed by atoms with Crippen LogP contribution in [0, 0.1) is 0 Å². The molecule has 1 aliphatic carbocycles. The summed E-state index contributed by atoms with van der Waals surface area (Å²) in [7, 11) is 0. The summed E-state index contributed by atoms with van der Waals surface area (Å²) in [6.07, 6.45) is 0. The van der Waals surface area contributed by atoms with Gasteiger partial charge in [0.15, 0.2) is 0 Å². The van der Waals surface area contributed by atoms with Crippen LogP contribution in [0.1, 0.15) is 0 Å². The van der Waals surface area contributed by atoms with Gasteiger partial charge in [-0.1, -0.05) is 158 Å². The van der Waals surface area contributed by atoms with E-state index in [4.69, 9.17) is 0 Å². The van der Waals surface area contributed by atoms with Crippen LogP contribution in [-0.2, 0) is 0 Å². The highest BCUT2D eigenvalue weighted by Gasteiger charge is 2.31. The third-order valence-corrected chi connectivity index (χ3v) is 10.4. The maximum absolute atomic E-state index is 2.48. The normalized spacial score (nSPS) is 11.5. The van der Waals surface area contributed by atoms with Crippen molar-refractivity contribution in [1.29, 1.82) is 0 Å². The van der Waals surface area contributed by atoms with Crippen LogP contribution in [0.15, 0.2) is 200 Å². The number of rotatable bonds is 6. The summed E-state index contributed by atoms with van der Waals surface area (Å²) in [5, 5.41) is 5.01. The summed E-state index contributed by atoms with van der Waals surface area (Å²) in [5.74, 6) is 0. The smallest absolute Gasteiger partial charge is 0.0624 e. The van der Waals surface area contributed by atoms with Gasteiger partial charge in [0.1, 0.15) is 0 Å². The van der Waals surface area contributed by atoms with E-state index in [0.29, 0.717) is 0 Å². The van der Waals surface area contributed by atoms with Gasteiger partial charge in [-0.15, -0.1) is 0 Å². The molecular weight excluding hydrogens is 615 g/mol. The Hall–Kier alpha value is -6.70. The molecule has 0 N–H and O–H groups in total. The number of hydrogen-bond donors (Lipinski definition) is 0. The summed E-state index contributed by atoms with van der Waals surface area (Å²) in [5.41, 5.74) is 16.0. The summed E-state index contributed by atoms with van der Waals surface area (Å²) in [6.45, 7) is 0. The molecule has 0 aliphatic heterocycles. The Kier molecular flexibility index (Phi) is 6.89. The van der Waals surface area contributed by atoms with Crippen molar-refractivity contribution in [2.75, 3.05) is 4.90 Å². The predicted molar refractivity (Wildman–Crippen MR) is 217 cm³/mol. The first-order chi connectivity index (χ1) is 25.3. The molecule has 0 radical (unpaired) electrons. The first-order valence-electron chi connectivity index (χ1n) is 17.6. The molecule has 1 aliphatic rings. The number of anilines is 3. The maximum atomic E-state index is 2.48. The Morgan fingerprint density at radius 1 is 0.275 bits per heavy atom. The fourth-order valence-electron chi connectivity index (χ4n) is 7.80. The molecule has 0 aromatic heterocycles. The average Bonchev–Trinajstić information content (AvgIpc) is 3.21. The van der Waals surface area contributed by atoms with Gasteiger partial charge in [-0.2, -0.15) is 0 Å². The summed E-state index contributed by atoms with van der Waals surface area (Å²) >= 11 is 0. The number of fused-ring (bicyclic) bond motifs is 6. The van der Waals surface area contributed by atoms with Crippen molar-refractivity contribution in [3.8, 4) is 55.6 Å². The largest absolute Gasteiger partial charge is 0.309 e. The third-order valence-electron chi connectivity index (χ3n) is 10.4. The topological polar surface area (TPSA) is 3.24 Å². The SMILES string of the molecule is c1ccc(-c2ccc(-c3cccc(N(c4ccc(-c5ccccc5)cc4)c4c5c(cc6ccccc46)-c4cc6ccccc6cc4-5)c3)cc2)cc1. The van der Waals surface area contributed by atoms with Crippen molar-refractivity contribution < 1.29 is 0 Å². The minimum absolute atomic E-state index is 1.12. The zero-order valence-electron chi connectivity index (χ0n) is 28.0. The number of hydrogen-bond acceptors (Lipinski definition) is 1. The van der Waals surface area contributed by atoms with Crippen LogP contribution in [-0.4, -0.2) is 0 Å². The van der Waals surface area contributed by atoms with Crippen LogP contribution in [0.3, 0.4) is 0 Å². The van der Waals surface area contributed by atoms with E-state index < -0.39 is 0 Å². The molecule has 0 unspecified atom stereocenters. The molecular formula is C50H33N. The second kappa shape index (κ2) is 12.0. The van der Waals surface area contributed by atoms with Gasteiger partial charge in [0.25, 0.3) is 0 Å². The average molecular weight is 648 g/mol. The summed E-state index contributed by atoms with van der Waals surface area (Å²) in [6, 6.07) is 72.9. The number of benzene rings is 9. The minimum Gasteiger partial charge on any atom is -0.309 e. The zero-order chi connectivity index (χ0) is 33.7. The molecule has 1 heteroatoms. The highest BCUT2D eigenvalue weighted by molar-refractivity contribution is 6.20. The monoisotopic (exact) mass is 647 g/mol. The van der Waals surface area contributed by atoms with Crippen LogP contribution in [0.4, 0.5) is 17.1 Å². The molecule has 0 fully saturated rings. The standard InChI is InChI=1S/C50H33N/c1-3-12-34(13-4-1)36-22-24-38(25-23-36)39-19-11-20-44(30-39)51(43-28-26-37(27-29-43)35-14-5-2-6-15-35)50-45-21-10-9-18-42(45)33-48-46-31-40-16-7-8-17-41(40)32-47(46)49(48)50/h1-33H. The fraction of sp³-hybridized carbons (Fsp3) is 0. The van der Waals surface area contributed by atoms with Crippen molar-refractivity contribution >= 4 is 38.6 Å². The van der Waals surface area contributed by atoms with Gasteiger partial charge in [-0.25, -0.2) is 0 Å². The highest BCUT2D eigenvalue weighted by atomic mass is 15.1. The quantitative estimate of drug-likeness (QED) is 0.174. The molecule has 0 bridgehead atoms. The maximum Gasteiger partial charge on any atom is 0.0624 e. The van der Waals surface area contributed by atoms with Crippen LogP contribution in [0.25, 0.3) is 77.2 Å². The van der Waals surface area contributed by atoms with Gasteiger partial charge >= 0.3 is 0 Å². The lowest BCUT2D eigenvalue weighted by molar-refractivity contribution is 1.29. The fourth-order valence-corrected chi connectivity index (χ4v) is 7.80. The van der Waals surface area contributed by atoms with Gasteiger partial charge in [0.05, 0.1) is 5.69 Å². The molecule has 0 spiro atoms. The van der Waals surface area contributed by atoms with Crippen molar-refractivity contribution in [1.82, 2.24) is 0 Å². The predicted octanol–water partition coefficient (Wildman–Crippen LogP) is 14.1. The van der Waals surface area contributed by atoms with Crippen molar-refractivity contribution in [2.24, 2.45) is 0 Å². The molecule has 0 saturated heterocycles. The van der Waals surface area contributed by atoms with Crippen molar-refractivity contribution in [2.45, 2.75) is 0 Å². The summed E-state index contributed by atoms with van der Waals surface area (Å²) < 4.78 is 0. The first kappa shape index (κ1) is 29.2.